The van der Waals surface area contributed by atoms with Gasteiger partial charge in [0.15, 0.2) is 18.7 Å². The molecule has 0 amide bonds. The van der Waals surface area contributed by atoms with Gasteiger partial charge in [0.05, 0.1) is 30.5 Å². The van der Waals surface area contributed by atoms with E-state index in [1.165, 1.54) is 14.0 Å². The van der Waals surface area contributed by atoms with Gasteiger partial charge in [-0.1, -0.05) is 13.8 Å². The van der Waals surface area contributed by atoms with Crippen LogP contribution < -0.4 is 0 Å². The van der Waals surface area contributed by atoms with Crippen LogP contribution in [0, 0.1) is 34.5 Å². The Morgan fingerprint density at radius 1 is 0.889 bits per heavy atom. The van der Waals surface area contributed by atoms with Gasteiger partial charge in [0, 0.05) is 25.5 Å². The van der Waals surface area contributed by atoms with Crippen LogP contribution in [0.25, 0.3) is 0 Å². The lowest BCUT2D eigenvalue weighted by atomic mass is 9.41. The normalized spacial score (nSPS) is 51.8. The average Bonchev–Trinajstić information content (AvgIpc) is 3.68. The smallest absolute Gasteiger partial charge is 0.331 e. The van der Waals surface area contributed by atoms with E-state index in [0.717, 1.165) is 37.7 Å². The summed E-state index contributed by atoms with van der Waals surface area (Å²) in [4.78, 5) is 24.3. The molecule has 2 saturated heterocycles. The zero-order valence-corrected chi connectivity index (χ0v) is 32.0. The number of carbonyl (C=O) groups excluding carboxylic acids is 2. The highest BCUT2D eigenvalue weighted by atomic mass is 16.8. The van der Waals surface area contributed by atoms with Gasteiger partial charge in [0.25, 0.3) is 0 Å². The molecule has 4 aliphatic carbocycles. The Balaban J connectivity index is 1.01. The number of hydrogen-bond donors (Lipinski definition) is 6. The number of hydrogen-bond acceptors (Lipinski definition) is 15. The Labute approximate surface area is 316 Å². The predicted octanol–water partition coefficient (Wildman–Crippen LogP) is 0.868. The van der Waals surface area contributed by atoms with Gasteiger partial charge in [-0.2, -0.15) is 0 Å². The SMILES string of the molecule is COC1C(OC2OC(CO)C(O)C(O)C2O)C(C)OC(OCC2CCC3(C)C4CCC5(C)C(C6=CC(=O)OC6)CCC5(O)C4CCC3(O)C2)C1OC(C)=O. The zero-order valence-electron chi connectivity index (χ0n) is 32.0. The third-order valence-corrected chi connectivity index (χ3v) is 15.2. The summed E-state index contributed by atoms with van der Waals surface area (Å²) in [6.45, 7) is 7.24. The molecule has 3 aliphatic heterocycles. The number of carbonyl (C=O) groups is 2. The molecule has 0 aromatic heterocycles. The van der Waals surface area contributed by atoms with Gasteiger partial charge < -0.3 is 63.8 Å². The highest BCUT2D eigenvalue weighted by Crippen LogP contribution is 2.71. The lowest BCUT2D eigenvalue weighted by Crippen LogP contribution is -2.67. The number of rotatable bonds is 9. The first-order valence-electron chi connectivity index (χ1n) is 19.7. The van der Waals surface area contributed by atoms with E-state index in [-0.39, 0.29) is 41.7 Å². The molecule has 306 valence electrons. The van der Waals surface area contributed by atoms with Gasteiger partial charge in [0.2, 0.25) is 0 Å². The number of methoxy groups -OCH3 is 1. The zero-order chi connectivity index (χ0) is 39.0. The fraction of sp³-hybridized carbons (Fsp3) is 0.897. The molecule has 0 aromatic carbocycles. The van der Waals surface area contributed by atoms with Gasteiger partial charge in [-0.05, 0) is 99.4 Å². The molecule has 0 spiro atoms. The lowest BCUT2D eigenvalue weighted by Gasteiger charge is -2.66. The fourth-order valence-corrected chi connectivity index (χ4v) is 12.1. The Hall–Kier alpha value is -1.76. The Morgan fingerprint density at radius 3 is 2.28 bits per heavy atom. The van der Waals surface area contributed by atoms with Crippen LogP contribution in [-0.4, -0.2) is 142 Å². The molecule has 0 radical (unpaired) electrons. The van der Waals surface area contributed by atoms with Gasteiger partial charge in [-0.25, -0.2) is 4.79 Å². The van der Waals surface area contributed by atoms with Crippen LogP contribution in [0.5, 0.6) is 0 Å². The van der Waals surface area contributed by atoms with Crippen LogP contribution in [0.2, 0.25) is 0 Å². The maximum absolute atomic E-state index is 12.6. The van der Waals surface area contributed by atoms with E-state index < -0.39 is 90.6 Å². The molecule has 18 unspecified atom stereocenters. The second-order valence-corrected chi connectivity index (χ2v) is 17.7. The van der Waals surface area contributed by atoms with Crippen molar-refractivity contribution in [2.45, 2.75) is 158 Å². The molecule has 15 heteroatoms. The van der Waals surface area contributed by atoms with E-state index in [2.05, 4.69) is 13.8 Å². The maximum atomic E-state index is 12.6. The first-order chi connectivity index (χ1) is 25.5. The maximum Gasteiger partial charge on any atom is 0.331 e. The van der Waals surface area contributed by atoms with Crippen molar-refractivity contribution >= 4 is 11.9 Å². The topological polar surface area (TPSA) is 220 Å². The van der Waals surface area contributed by atoms with Crippen LogP contribution in [0.1, 0.15) is 85.5 Å². The van der Waals surface area contributed by atoms with Crippen molar-refractivity contribution in [2.75, 3.05) is 26.9 Å². The molecule has 6 fully saturated rings. The van der Waals surface area contributed by atoms with E-state index in [1.54, 1.807) is 13.0 Å². The Morgan fingerprint density at radius 2 is 1.61 bits per heavy atom. The first-order valence-corrected chi connectivity index (χ1v) is 19.7. The molecular formula is C39H60O15. The monoisotopic (exact) mass is 768 g/mol. The molecule has 0 bridgehead atoms. The summed E-state index contributed by atoms with van der Waals surface area (Å²) >= 11 is 0. The Kier molecular flexibility index (Phi) is 11.1. The van der Waals surface area contributed by atoms with E-state index in [9.17, 15) is 40.2 Å². The highest BCUT2D eigenvalue weighted by molar-refractivity contribution is 5.85. The van der Waals surface area contributed by atoms with Crippen molar-refractivity contribution in [3.63, 3.8) is 0 Å². The standard InChI is InChI=1S/C39H60O15/c1-19-31(54-34-30(45)29(44)28(43)26(16-40)53-34)32(48-5)33(52-20(2)41)35(51-19)50-17-21-6-10-36(3)24-7-11-37(4)23(22-14-27(42)49-18-22)9-13-39(37,47)25(24)8-12-38(36,46)15-21/h14,19,21,23-26,28-35,40,43-47H,6-13,15-18H2,1-5H3. The number of fused-ring (bicyclic) bond motifs is 5. The van der Waals surface area contributed by atoms with Crippen LogP contribution in [-0.2, 0) is 42.7 Å². The molecule has 7 aliphatic rings. The van der Waals surface area contributed by atoms with Crippen molar-refractivity contribution in [3.05, 3.63) is 11.6 Å². The molecule has 54 heavy (non-hydrogen) atoms. The summed E-state index contributed by atoms with van der Waals surface area (Å²) in [6, 6.07) is 0. The summed E-state index contributed by atoms with van der Waals surface area (Å²) in [5.41, 5.74) is -1.62. The molecule has 3 heterocycles. The fourth-order valence-electron chi connectivity index (χ4n) is 12.1. The number of ether oxygens (including phenoxy) is 7. The second kappa shape index (κ2) is 14.9. The van der Waals surface area contributed by atoms with Crippen LogP contribution in [0.15, 0.2) is 11.6 Å². The molecule has 0 aromatic rings. The minimum absolute atomic E-state index is 0.0276. The quantitative estimate of drug-likeness (QED) is 0.179. The second-order valence-electron chi connectivity index (χ2n) is 17.7. The number of aliphatic hydroxyl groups excluding tert-OH is 4. The lowest BCUT2D eigenvalue weighted by molar-refractivity contribution is -0.358. The molecule has 4 saturated carbocycles. The van der Waals surface area contributed by atoms with Crippen molar-refractivity contribution in [1.82, 2.24) is 0 Å². The van der Waals surface area contributed by atoms with Crippen molar-refractivity contribution in [2.24, 2.45) is 34.5 Å². The average molecular weight is 769 g/mol. The Bertz CT molecular complexity index is 1440. The van der Waals surface area contributed by atoms with Crippen LogP contribution in [0.4, 0.5) is 0 Å². The molecule has 7 rings (SSSR count). The van der Waals surface area contributed by atoms with E-state index in [1.807, 2.05) is 0 Å². The van der Waals surface area contributed by atoms with Gasteiger partial charge >= 0.3 is 11.9 Å². The first kappa shape index (κ1) is 40.4. The number of aliphatic hydroxyl groups is 6. The van der Waals surface area contributed by atoms with Crippen LogP contribution in [0.3, 0.4) is 0 Å². The minimum atomic E-state index is -1.65. The molecule has 6 N–H and O–H groups in total. The summed E-state index contributed by atoms with van der Waals surface area (Å²) < 4.78 is 40.9. The van der Waals surface area contributed by atoms with Crippen LogP contribution >= 0.6 is 0 Å². The summed E-state index contributed by atoms with van der Waals surface area (Å²) in [7, 11) is 1.41. The van der Waals surface area contributed by atoms with E-state index >= 15 is 0 Å². The third kappa shape index (κ3) is 6.47. The summed E-state index contributed by atoms with van der Waals surface area (Å²) in [5.74, 6) is -0.651. The third-order valence-electron chi connectivity index (χ3n) is 15.2. The predicted molar refractivity (Wildman–Crippen MR) is 186 cm³/mol. The van der Waals surface area contributed by atoms with Gasteiger partial charge in [-0.3, -0.25) is 4.79 Å². The molecule has 18 atom stereocenters. The summed E-state index contributed by atoms with van der Waals surface area (Å²) in [6.07, 6.45) is -4.21. The largest absolute Gasteiger partial charge is 0.458 e. The highest BCUT2D eigenvalue weighted by Gasteiger charge is 2.70. The molecule has 15 nitrogen and oxygen atoms in total. The van der Waals surface area contributed by atoms with Crippen molar-refractivity contribution in [1.29, 1.82) is 0 Å². The van der Waals surface area contributed by atoms with Gasteiger partial charge in [0.1, 0.15) is 43.2 Å². The van der Waals surface area contributed by atoms with Crippen molar-refractivity contribution < 1.29 is 73.4 Å². The number of cyclic esters (lactones) is 1. The van der Waals surface area contributed by atoms with Gasteiger partial charge in [-0.15, -0.1) is 0 Å². The summed E-state index contributed by atoms with van der Waals surface area (Å²) in [5, 5.41) is 65.8. The van der Waals surface area contributed by atoms with Crippen molar-refractivity contribution in [3.8, 4) is 0 Å². The molecular weight excluding hydrogens is 708 g/mol. The minimum Gasteiger partial charge on any atom is -0.458 e. The van der Waals surface area contributed by atoms with E-state index in [0.29, 0.717) is 32.3 Å². The van der Waals surface area contributed by atoms with E-state index in [4.69, 9.17) is 33.2 Å². The number of esters is 2.